The van der Waals surface area contributed by atoms with Gasteiger partial charge in [-0.15, -0.1) is 0 Å². The number of fused-ring (bicyclic) bond motifs is 1. The Morgan fingerprint density at radius 3 is 2.65 bits per heavy atom. The van der Waals surface area contributed by atoms with Gasteiger partial charge in [-0.1, -0.05) is 24.8 Å². The number of quaternary nitrogens is 1. The van der Waals surface area contributed by atoms with E-state index in [0.717, 1.165) is 45.4 Å². The first-order valence-corrected chi connectivity index (χ1v) is 13.4. The number of anilines is 4. The highest BCUT2D eigenvalue weighted by Gasteiger charge is 2.22. The zero-order chi connectivity index (χ0) is 29.0. The van der Waals surface area contributed by atoms with Crippen molar-refractivity contribution in [3.63, 3.8) is 0 Å². The van der Waals surface area contributed by atoms with Crippen LogP contribution in [0.5, 0.6) is 5.75 Å². The Balaban J connectivity index is 1.68. The molecule has 9 nitrogen and oxygen atoms in total. The van der Waals surface area contributed by atoms with Crippen molar-refractivity contribution in [3.05, 3.63) is 67.5 Å². The Kier molecular flexibility index (Phi) is 8.44. The van der Waals surface area contributed by atoms with Crippen LogP contribution in [-0.4, -0.2) is 72.3 Å². The second kappa shape index (κ2) is 11.8. The van der Waals surface area contributed by atoms with E-state index >= 15 is 0 Å². The summed E-state index contributed by atoms with van der Waals surface area (Å²) in [5.41, 5.74) is 5.06. The van der Waals surface area contributed by atoms with E-state index in [2.05, 4.69) is 77.9 Å². The number of benzene rings is 2. The largest absolute Gasteiger partial charge is 0.494 e. The van der Waals surface area contributed by atoms with E-state index in [0.29, 0.717) is 29.1 Å². The minimum absolute atomic E-state index is 0.293. The quantitative estimate of drug-likeness (QED) is 0.194. The summed E-state index contributed by atoms with van der Waals surface area (Å²) in [6.45, 7) is 9.77. The fraction of sp³-hybridized carbons (Fsp3) is 0.323. The van der Waals surface area contributed by atoms with Gasteiger partial charge >= 0.3 is 0 Å². The Labute approximate surface area is 236 Å². The smallest absolute Gasteiger partial charge is 0.247 e. The van der Waals surface area contributed by atoms with Gasteiger partial charge in [0.1, 0.15) is 5.75 Å². The monoisotopic (exact) mass is 542 g/mol. The Bertz CT molecular complexity index is 1520. The number of para-hydroxylation sites is 1. The highest BCUT2D eigenvalue weighted by Crippen LogP contribution is 2.38. The molecule has 2 N–H and O–H groups in total. The SMILES string of the molecule is C=CC(=O)Nc1cc(Nc2nccc(-c3cn(C)c4ccccc34)n2)c(OC)cc1N(C)CC[N+](C)(C)C(C)C. The number of likely N-dealkylation sites (N-methyl/N-ethyl adjacent to an activating group) is 2. The van der Waals surface area contributed by atoms with Crippen molar-refractivity contribution in [2.75, 3.05) is 56.9 Å². The number of carbonyl (C=O) groups is 1. The second-order valence-electron chi connectivity index (χ2n) is 10.8. The number of hydrogen-bond acceptors (Lipinski definition) is 6. The second-order valence-corrected chi connectivity index (χ2v) is 10.8. The standard InChI is InChI=1S/C31H39N7O2/c1-9-30(39)33-25-18-26(29(40-8)19-28(25)36(4)16-17-38(6,7)21(2)3)35-31-32-15-14-24(34-31)23-20-37(5)27-13-11-10-12-22(23)27/h9-15,18-21H,1,16-17H2,2-8H3,(H-,32,33,34,35,39)/p+1. The van der Waals surface area contributed by atoms with Gasteiger partial charge in [0.05, 0.1) is 63.1 Å². The van der Waals surface area contributed by atoms with E-state index < -0.39 is 0 Å². The van der Waals surface area contributed by atoms with Gasteiger partial charge in [-0.2, -0.15) is 0 Å². The van der Waals surface area contributed by atoms with Gasteiger partial charge in [-0.25, -0.2) is 9.97 Å². The number of amides is 1. The number of nitrogens with zero attached hydrogens (tertiary/aromatic N) is 5. The van der Waals surface area contributed by atoms with Crippen molar-refractivity contribution in [1.82, 2.24) is 14.5 Å². The maximum absolute atomic E-state index is 12.4. The molecule has 2 aromatic heterocycles. The maximum Gasteiger partial charge on any atom is 0.247 e. The van der Waals surface area contributed by atoms with Crippen molar-refractivity contribution < 1.29 is 14.0 Å². The molecule has 0 saturated carbocycles. The van der Waals surface area contributed by atoms with Crippen LogP contribution in [0, 0.1) is 0 Å². The van der Waals surface area contributed by atoms with Crippen LogP contribution in [0.2, 0.25) is 0 Å². The Morgan fingerprint density at radius 2 is 1.95 bits per heavy atom. The average molecular weight is 543 g/mol. The average Bonchev–Trinajstić information content (AvgIpc) is 3.28. The topological polar surface area (TPSA) is 84.3 Å². The Morgan fingerprint density at radius 1 is 1.20 bits per heavy atom. The molecule has 210 valence electrons. The number of nitrogens with one attached hydrogen (secondary N) is 2. The third kappa shape index (κ3) is 6.10. The molecule has 40 heavy (non-hydrogen) atoms. The molecule has 0 radical (unpaired) electrons. The fourth-order valence-corrected chi connectivity index (χ4v) is 4.46. The highest BCUT2D eigenvalue weighted by molar-refractivity contribution is 6.02. The van der Waals surface area contributed by atoms with Crippen molar-refractivity contribution >= 4 is 39.8 Å². The van der Waals surface area contributed by atoms with Gasteiger partial charge in [0, 0.05) is 49.0 Å². The summed E-state index contributed by atoms with van der Waals surface area (Å²) in [6.07, 6.45) is 5.07. The van der Waals surface area contributed by atoms with Gasteiger partial charge in [-0.3, -0.25) is 4.79 Å². The molecule has 1 amide bonds. The van der Waals surface area contributed by atoms with Gasteiger partial charge in [0.15, 0.2) is 0 Å². The van der Waals surface area contributed by atoms with Crippen LogP contribution in [-0.2, 0) is 11.8 Å². The predicted molar refractivity (Wildman–Crippen MR) is 164 cm³/mol. The number of ether oxygens (including phenoxy) is 1. The molecule has 0 aliphatic heterocycles. The highest BCUT2D eigenvalue weighted by atomic mass is 16.5. The van der Waals surface area contributed by atoms with Crippen LogP contribution in [0.15, 0.2) is 67.5 Å². The fourth-order valence-electron chi connectivity index (χ4n) is 4.46. The van der Waals surface area contributed by atoms with Crippen LogP contribution >= 0.6 is 0 Å². The number of rotatable bonds is 11. The molecule has 2 aromatic carbocycles. The van der Waals surface area contributed by atoms with Crippen LogP contribution in [0.3, 0.4) is 0 Å². The molecular formula is C31H40N7O2+. The number of hydrogen-bond donors (Lipinski definition) is 2. The lowest BCUT2D eigenvalue weighted by atomic mass is 10.1. The van der Waals surface area contributed by atoms with Gasteiger partial charge < -0.3 is 29.3 Å². The van der Waals surface area contributed by atoms with Gasteiger partial charge in [-0.05, 0) is 38.1 Å². The normalized spacial score (nSPS) is 11.5. The third-order valence-electron chi connectivity index (χ3n) is 7.66. The third-order valence-corrected chi connectivity index (χ3v) is 7.66. The van der Waals surface area contributed by atoms with E-state index in [-0.39, 0.29) is 5.91 Å². The first-order valence-electron chi connectivity index (χ1n) is 13.4. The lowest BCUT2D eigenvalue weighted by Crippen LogP contribution is -2.49. The van der Waals surface area contributed by atoms with Crippen LogP contribution in [0.4, 0.5) is 23.0 Å². The number of carbonyl (C=O) groups excluding carboxylic acids is 1. The molecule has 0 spiro atoms. The summed E-state index contributed by atoms with van der Waals surface area (Å²) in [5, 5.41) is 7.38. The Hall–Kier alpha value is -4.37. The predicted octanol–water partition coefficient (Wildman–Crippen LogP) is 5.43. The van der Waals surface area contributed by atoms with E-state index in [4.69, 9.17) is 9.72 Å². The van der Waals surface area contributed by atoms with Gasteiger partial charge in [0.2, 0.25) is 11.9 Å². The number of methoxy groups -OCH3 is 1. The molecule has 0 aliphatic carbocycles. The minimum atomic E-state index is -0.293. The summed E-state index contributed by atoms with van der Waals surface area (Å²) >= 11 is 0. The molecule has 0 aliphatic rings. The van der Waals surface area contributed by atoms with Gasteiger partial charge in [0.25, 0.3) is 0 Å². The van der Waals surface area contributed by atoms with Crippen molar-refractivity contribution in [2.45, 2.75) is 19.9 Å². The summed E-state index contributed by atoms with van der Waals surface area (Å²) < 4.78 is 8.74. The zero-order valence-electron chi connectivity index (χ0n) is 24.5. The molecule has 9 heteroatoms. The summed E-state index contributed by atoms with van der Waals surface area (Å²) in [5.74, 6) is 0.732. The summed E-state index contributed by atoms with van der Waals surface area (Å²) in [4.78, 5) is 23.8. The van der Waals surface area contributed by atoms with Crippen LogP contribution in [0.1, 0.15) is 13.8 Å². The molecule has 0 bridgehead atoms. The molecule has 4 aromatic rings. The molecular weight excluding hydrogens is 502 g/mol. The number of aromatic nitrogens is 3. The van der Waals surface area contributed by atoms with Crippen molar-refractivity contribution in [2.24, 2.45) is 7.05 Å². The van der Waals surface area contributed by atoms with Crippen LogP contribution in [0.25, 0.3) is 22.2 Å². The first-order chi connectivity index (χ1) is 19.0. The van der Waals surface area contributed by atoms with E-state index in [1.54, 1.807) is 13.3 Å². The molecule has 0 unspecified atom stereocenters. The minimum Gasteiger partial charge on any atom is -0.494 e. The lowest BCUT2D eigenvalue weighted by molar-refractivity contribution is -0.909. The molecule has 0 atom stereocenters. The molecule has 4 rings (SSSR count). The first kappa shape index (κ1) is 28.6. The molecule has 2 heterocycles. The zero-order valence-corrected chi connectivity index (χ0v) is 24.5. The summed E-state index contributed by atoms with van der Waals surface area (Å²) in [6, 6.07) is 14.4. The lowest BCUT2D eigenvalue weighted by Gasteiger charge is -2.36. The summed E-state index contributed by atoms with van der Waals surface area (Å²) in [7, 11) is 10.1. The van der Waals surface area contributed by atoms with Crippen molar-refractivity contribution in [1.29, 1.82) is 0 Å². The van der Waals surface area contributed by atoms with E-state index in [1.165, 1.54) is 6.08 Å². The van der Waals surface area contributed by atoms with E-state index in [9.17, 15) is 4.79 Å². The molecule has 0 saturated heterocycles. The molecule has 0 fully saturated rings. The van der Waals surface area contributed by atoms with E-state index in [1.807, 2.05) is 44.4 Å². The van der Waals surface area contributed by atoms with Crippen LogP contribution < -0.4 is 20.3 Å². The number of aryl methyl sites for hydroxylation is 1. The maximum atomic E-state index is 12.4. The van der Waals surface area contributed by atoms with Crippen molar-refractivity contribution in [3.8, 4) is 17.0 Å².